The molecule has 1 aromatic rings. The van der Waals surface area contributed by atoms with Crippen molar-refractivity contribution in [1.29, 1.82) is 0 Å². The number of carbonyl (C=O) groups excluding carboxylic acids is 1. The Morgan fingerprint density at radius 1 is 1.45 bits per heavy atom. The van der Waals surface area contributed by atoms with E-state index >= 15 is 0 Å². The number of carbonyl (C=O) groups is 1. The molecule has 4 heteroatoms. The number of hydrogen-bond acceptors (Lipinski definition) is 2. The van der Waals surface area contributed by atoms with E-state index in [-0.39, 0.29) is 23.7 Å². The number of halogens is 1. The van der Waals surface area contributed by atoms with Crippen molar-refractivity contribution in [2.24, 2.45) is 11.1 Å². The number of nitrogens with two attached hydrogens (primary N) is 1. The van der Waals surface area contributed by atoms with Crippen LogP contribution < -0.4 is 11.1 Å². The number of rotatable bonds is 2. The summed E-state index contributed by atoms with van der Waals surface area (Å²) in [5, 5.41) is 2.88. The third kappa shape index (κ3) is 3.17. The van der Waals surface area contributed by atoms with E-state index in [4.69, 9.17) is 5.73 Å². The van der Waals surface area contributed by atoms with Crippen LogP contribution in [0.3, 0.4) is 0 Å². The Morgan fingerprint density at radius 2 is 2.15 bits per heavy atom. The first kappa shape index (κ1) is 14.5. The molecule has 0 aromatic heterocycles. The van der Waals surface area contributed by atoms with Gasteiger partial charge in [0.15, 0.2) is 0 Å². The van der Waals surface area contributed by atoms with E-state index in [0.29, 0.717) is 11.3 Å². The molecule has 0 spiro atoms. The average Bonchev–Trinajstić information content (AvgIpc) is 2.87. The fraction of sp³-hybridized carbons (Fsp3) is 0.438. The van der Waals surface area contributed by atoms with E-state index in [9.17, 15) is 9.18 Å². The molecule has 0 radical (unpaired) electrons. The Labute approximate surface area is 118 Å². The molecular weight excluding hydrogens is 255 g/mol. The van der Waals surface area contributed by atoms with Gasteiger partial charge in [-0.25, -0.2) is 4.39 Å². The first-order chi connectivity index (χ1) is 9.55. The second kappa shape index (κ2) is 6.06. The van der Waals surface area contributed by atoms with Crippen LogP contribution in [0.1, 0.15) is 38.2 Å². The van der Waals surface area contributed by atoms with Gasteiger partial charge in [-0.15, -0.1) is 0 Å². The van der Waals surface area contributed by atoms with Gasteiger partial charge in [0.2, 0.25) is 5.91 Å². The topological polar surface area (TPSA) is 55.1 Å². The minimum Gasteiger partial charge on any atom is -0.324 e. The third-order valence-corrected chi connectivity index (χ3v) is 3.81. The van der Waals surface area contributed by atoms with E-state index in [1.807, 2.05) is 6.92 Å². The molecular formula is C16H19FN2O. The SMILES string of the molecule is CC1(C(=O)Nc2ccc(F)cc2C#CCN)CCCC1. The van der Waals surface area contributed by atoms with Gasteiger partial charge in [-0.1, -0.05) is 31.6 Å². The number of amides is 1. The van der Waals surface area contributed by atoms with Gasteiger partial charge in [-0.05, 0) is 31.0 Å². The van der Waals surface area contributed by atoms with Crippen LogP contribution in [0.4, 0.5) is 10.1 Å². The summed E-state index contributed by atoms with van der Waals surface area (Å²) < 4.78 is 13.3. The summed E-state index contributed by atoms with van der Waals surface area (Å²) in [6, 6.07) is 4.18. The van der Waals surface area contributed by atoms with Gasteiger partial charge < -0.3 is 11.1 Å². The van der Waals surface area contributed by atoms with Crippen molar-refractivity contribution in [1.82, 2.24) is 0 Å². The van der Waals surface area contributed by atoms with Gasteiger partial charge >= 0.3 is 0 Å². The third-order valence-electron chi connectivity index (χ3n) is 3.81. The highest BCUT2D eigenvalue weighted by Crippen LogP contribution is 2.38. The summed E-state index contributed by atoms with van der Waals surface area (Å²) in [4.78, 5) is 12.4. The zero-order valence-corrected chi connectivity index (χ0v) is 11.6. The van der Waals surface area contributed by atoms with Crippen molar-refractivity contribution in [3.63, 3.8) is 0 Å². The summed E-state index contributed by atoms with van der Waals surface area (Å²) in [5.74, 6) is 5.08. The first-order valence-corrected chi connectivity index (χ1v) is 6.85. The Kier molecular flexibility index (Phi) is 4.41. The van der Waals surface area contributed by atoms with Crippen LogP contribution >= 0.6 is 0 Å². The lowest BCUT2D eigenvalue weighted by atomic mass is 9.87. The van der Waals surface area contributed by atoms with Crippen molar-refractivity contribution in [3.8, 4) is 11.8 Å². The number of benzene rings is 1. The molecule has 1 aliphatic rings. The first-order valence-electron chi connectivity index (χ1n) is 6.85. The van der Waals surface area contributed by atoms with Crippen LogP contribution in [0.25, 0.3) is 0 Å². The largest absolute Gasteiger partial charge is 0.324 e. The molecule has 1 aliphatic carbocycles. The van der Waals surface area contributed by atoms with Crippen molar-refractivity contribution in [2.75, 3.05) is 11.9 Å². The monoisotopic (exact) mass is 274 g/mol. The maximum Gasteiger partial charge on any atom is 0.230 e. The quantitative estimate of drug-likeness (QED) is 0.815. The van der Waals surface area contributed by atoms with E-state index in [1.165, 1.54) is 12.1 Å². The molecule has 3 N–H and O–H groups in total. The van der Waals surface area contributed by atoms with E-state index < -0.39 is 0 Å². The second-order valence-corrected chi connectivity index (χ2v) is 5.42. The molecule has 3 nitrogen and oxygen atoms in total. The van der Waals surface area contributed by atoms with Gasteiger partial charge in [0.25, 0.3) is 0 Å². The van der Waals surface area contributed by atoms with Crippen molar-refractivity contribution < 1.29 is 9.18 Å². The summed E-state index contributed by atoms with van der Waals surface area (Å²) in [7, 11) is 0. The van der Waals surface area contributed by atoms with E-state index in [2.05, 4.69) is 17.2 Å². The van der Waals surface area contributed by atoms with E-state index in [0.717, 1.165) is 25.7 Å². The Hall–Kier alpha value is -1.86. The Morgan fingerprint density at radius 3 is 2.80 bits per heavy atom. The van der Waals surface area contributed by atoms with Crippen LogP contribution in [-0.4, -0.2) is 12.5 Å². The lowest BCUT2D eigenvalue weighted by Gasteiger charge is -2.22. The predicted octanol–water partition coefficient (Wildman–Crippen LogP) is 2.65. The van der Waals surface area contributed by atoms with Gasteiger partial charge in [0, 0.05) is 5.41 Å². The maximum absolute atomic E-state index is 13.3. The van der Waals surface area contributed by atoms with Crippen LogP contribution in [0.15, 0.2) is 18.2 Å². The highest BCUT2D eigenvalue weighted by Gasteiger charge is 2.36. The fourth-order valence-corrected chi connectivity index (χ4v) is 2.53. The van der Waals surface area contributed by atoms with E-state index in [1.54, 1.807) is 6.07 Å². The summed E-state index contributed by atoms with van der Waals surface area (Å²) in [5.41, 5.74) is 6.02. The van der Waals surface area contributed by atoms with Gasteiger partial charge in [-0.3, -0.25) is 4.79 Å². The van der Waals surface area contributed by atoms with Crippen LogP contribution in [-0.2, 0) is 4.79 Å². The number of anilines is 1. The van der Waals surface area contributed by atoms with Gasteiger partial charge in [-0.2, -0.15) is 0 Å². The summed E-state index contributed by atoms with van der Waals surface area (Å²) >= 11 is 0. The lowest BCUT2D eigenvalue weighted by molar-refractivity contribution is -0.124. The normalized spacial score (nSPS) is 16.4. The van der Waals surface area contributed by atoms with Crippen molar-refractivity contribution >= 4 is 11.6 Å². The molecule has 106 valence electrons. The molecule has 0 saturated heterocycles. The molecule has 0 bridgehead atoms. The zero-order chi connectivity index (χ0) is 14.6. The molecule has 0 atom stereocenters. The van der Waals surface area contributed by atoms with Crippen molar-refractivity contribution in [3.05, 3.63) is 29.6 Å². The summed E-state index contributed by atoms with van der Waals surface area (Å²) in [6.07, 6.45) is 3.94. The smallest absolute Gasteiger partial charge is 0.230 e. The lowest BCUT2D eigenvalue weighted by Crippen LogP contribution is -2.31. The molecule has 2 rings (SSSR count). The van der Waals surface area contributed by atoms with Crippen LogP contribution in [0.2, 0.25) is 0 Å². The van der Waals surface area contributed by atoms with Crippen molar-refractivity contribution in [2.45, 2.75) is 32.6 Å². The second-order valence-electron chi connectivity index (χ2n) is 5.42. The van der Waals surface area contributed by atoms with Gasteiger partial charge in [0.1, 0.15) is 5.82 Å². The Balaban J connectivity index is 2.22. The fourth-order valence-electron chi connectivity index (χ4n) is 2.53. The standard InChI is InChI=1S/C16H19FN2O/c1-16(8-2-3-9-16)15(20)19-14-7-6-13(17)11-12(14)5-4-10-18/h6-7,11H,2-3,8-10,18H2,1H3,(H,19,20). The molecule has 0 aliphatic heterocycles. The molecule has 0 unspecified atom stereocenters. The minimum atomic E-state index is -0.378. The number of nitrogens with one attached hydrogen (secondary N) is 1. The summed E-state index contributed by atoms with van der Waals surface area (Å²) in [6.45, 7) is 2.17. The predicted molar refractivity (Wildman–Crippen MR) is 77.5 cm³/mol. The highest BCUT2D eigenvalue weighted by molar-refractivity contribution is 5.96. The minimum absolute atomic E-state index is 0.0163. The molecule has 1 fully saturated rings. The molecule has 1 aromatic carbocycles. The molecule has 1 amide bonds. The average molecular weight is 274 g/mol. The molecule has 20 heavy (non-hydrogen) atoms. The molecule has 1 saturated carbocycles. The highest BCUT2D eigenvalue weighted by atomic mass is 19.1. The maximum atomic E-state index is 13.3. The van der Waals surface area contributed by atoms with Gasteiger partial charge in [0.05, 0.1) is 17.8 Å². The Bertz CT molecular complexity index is 566. The van der Waals surface area contributed by atoms with Crippen LogP contribution in [0.5, 0.6) is 0 Å². The zero-order valence-electron chi connectivity index (χ0n) is 11.6. The number of hydrogen-bond donors (Lipinski definition) is 2. The van der Waals surface area contributed by atoms with Crippen LogP contribution in [0, 0.1) is 23.1 Å². The molecule has 0 heterocycles.